The molecular weight excluding hydrogens is 138 g/mol. The Morgan fingerprint density at radius 1 is 1.27 bits per heavy atom. The number of hydrogen-bond donors (Lipinski definition) is 1. The van der Waals surface area contributed by atoms with Crippen molar-refractivity contribution >= 4 is 5.91 Å². The summed E-state index contributed by atoms with van der Waals surface area (Å²) in [5.74, 6) is 0.990. The number of nitrogens with one attached hydrogen (secondary N) is 1. The normalized spacial score (nSPS) is 37.6. The molecule has 1 aliphatic carbocycles. The maximum absolute atomic E-state index is 11.1. The standard InChI is InChI=1S/C9H15NO/c11-9-6-7-3-1-2-4-8(5-7)10-9/h7-8H,1-6H2,(H,10,11). The van der Waals surface area contributed by atoms with E-state index in [0.717, 1.165) is 6.42 Å². The minimum Gasteiger partial charge on any atom is -0.353 e. The molecule has 2 atom stereocenters. The van der Waals surface area contributed by atoms with E-state index >= 15 is 0 Å². The SMILES string of the molecule is O=C1CC2CCCCC(C2)N1. The minimum absolute atomic E-state index is 0.285. The molecule has 1 saturated carbocycles. The average Bonchev–Trinajstić information content (AvgIpc) is 2.11. The highest BCUT2D eigenvalue weighted by atomic mass is 16.1. The molecule has 1 aliphatic heterocycles. The summed E-state index contributed by atoms with van der Waals surface area (Å²) in [5.41, 5.74) is 0. The number of carbonyl (C=O) groups is 1. The first kappa shape index (κ1) is 7.14. The molecule has 2 aliphatic rings. The fourth-order valence-corrected chi connectivity index (χ4v) is 2.33. The van der Waals surface area contributed by atoms with E-state index in [4.69, 9.17) is 0 Å². The smallest absolute Gasteiger partial charge is 0.220 e. The molecule has 0 aromatic rings. The summed E-state index contributed by atoms with van der Waals surface area (Å²) in [5, 5.41) is 3.05. The molecular formula is C9H15NO. The number of carbonyl (C=O) groups excluding carboxylic acids is 1. The van der Waals surface area contributed by atoms with Crippen LogP contribution in [0, 0.1) is 5.92 Å². The Balaban J connectivity index is 2.04. The number of fused-ring (bicyclic) bond motifs is 2. The van der Waals surface area contributed by atoms with Crippen molar-refractivity contribution in [2.75, 3.05) is 0 Å². The van der Waals surface area contributed by atoms with E-state index in [9.17, 15) is 4.79 Å². The highest BCUT2D eigenvalue weighted by Crippen LogP contribution is 2.28. The lowest BCUT2D eigenvalue weighted by molar-refractivity contribution is -0.124. The summed E-state index contributed by atoms with van der Waals surface area (Å²) in [6.45, 7) is 0. The largest absolute Gasteiger partial charge is 0.353 e. The van der Waals surface area contributed by atoms with Gasteiger partial charge in [-0.1, -0.05) is 12.8 Å². The van der Waals surface area contributed by atoms with Gasteiger partial charge in [-0.15, -0.1) is 0 Å². The number of amides is 1. The summed E-state index contributed by atoms with van der Waals surface area (Å²) in [4.78, 5) is 11.1. The third-order valence-corrected chi connectivity index (χ3v) is 2.87. The first-order valence-corrected chi connectivity index (χ1v) is 4.64. The third-order valence-electron chi connectivity index (χ3n) is 2.87. The van der Waals surface area contributed by atoms with Crippen LogP contribution in [0.1, 0.15) is 38.5 Å². The lowest BCUT2D eigenvalue weighted by atomic mass is 9.91. The van der Waals surface area contributed by atoms with Crippen LogP contribution in [0.2, 0.25) is 0 Å². The molecule has 1 amide bonds. The quantitative estimate of drug-likeness (QED) is 0.560. The zero-order valence-electron chi connectivity index (χ0n) is 6.81. The summed E-state index contributed by atoms with van der Waals surface area (Å²) < 4.78 is 0. The van der Waals surface area contributed by atoms with Crippen LogP contribution in [0.25, 0.3) is 0 Å². The van der Waals surface area contributed by atoms with Gasteiger partial charge in [0, 0.05) is 12.5 Å². The van der Waals surface area contributed by atoms with Crippen molar-refractivity contribution < 1.29 is 4.79 Å². The van der Waals surface area contributed by atoms with Gasteiger partial charge in [0.15, 0.2) is 0 Å². The van der Waals surface area contributed by atoms with Gasteiger partial charge in [-0.25, -0.2) is 0 Å². The Labute approximate surface area is 67.4 Å². The predicted octanol–water partition coefficient (Wildman–Crippen LogP) is 1.46. The van der Waals surface area contributed by atoms with Crippen molar-refractivity contribution in [3.63, 3.8) is 0 Å². The fraction of sp³-hybridized carbons (Fsp3) is 0.889. The topological polar surface area (TPSA) is 29.1 Å². The second-order valence-electron chi connectivity index (χ2n) is 3.85. The molecule has 0 spiro atoms. The molecule has 2 nitrogen and oxygen atoms in total. The van der Waals surface area contributed by atoms with Gasteiger partial charge in [-0.3, -0.25) is 4.79 Å². The van der Waals surface area contributed by atoms with Gasteiger partial charge in [0.05, 0.1) is 0 Å². The summed E-state index contributed by atoms with van der Waals surface area (Å²) >= 11 is 0. The highest BCUT2D eigenvalue weighted by molar-refractivity contribution is 5.77. The second-order valence-corrected chi connectivity index (χ2v) is 3.85. The van der Waals surface area contributed by atoms with Crippen LogP contribution in [0.5, 0.6) is 0 Å². The monoisotopic (exact) mass is 153 g/mol. The molecule has 0 aromatic carbocycles. The fourth-order valence-electron chi connectivity index (χ4n) is 2.33. The Hall–Kier alpha value is -0.530. The maximum atomic E-state index is 11.1. The molecule has 1 heterocycles. The van der Waals surface area contributed by atoms with Crippen LogP contribution in [-0.2, 0) is 4.79 Å². The lowest BCUT2D eigenvalue weighted by Gasteiger charge is -2.26. The summed E-state index contributed by atoms with van der Waals surface area (Å²) in [6.07, 6.45) is 7.16. The molecule has 2 unspecified atom stereocenters. The van der Waals surface area contributed by atoms with Gasteiger partial charge in [0.25, 0.3) is 0 Å². The predicted molar refractivity (Wildman–Crippen MR) is 43.1 cm³/mol. The first-order chi connectivity index (χ1) is 5.34. The number of piperidine rings is 1. The first-order valence-electron chi connectivity index (χ1n) is 4.64. The van der Waals surface area contributed by atoms with E-state index < -0.39 is 0 Å². The maximum Gasteiger partial charge on any atom is 0.220 e. The summed E-state index contributed by atoms with van der Waals surface area (Å²) in [7, 11) is 0. The third kappa shape index (κ3) is 1.55. The summed E-state index contributed by atoms with van der Waals surface area (Å²) in [6, 6.07) is 0.517. The van der Waals surface area contributed by atoms with Crippen molar-refractivity contribution in [1.82, 2.24) is 5.32 Å². The van der Waals surface area contributed by atoms with Crippen molar-refractivity contribution in [2.24, 2.45) is 5.92 Å². The van der Waals surface area contributed by atoms with Crippen molar-refractivity contribution in [1.29, 1.82) is 0 Å². The van der Waals surface area contributed by atoms with Crippen molar-refractivity contribution in [3.8, 4) is 0 Å². The molecule has 2 heteroatoms. The molecule has 1 N–H and O–H groups in total. The van der Waals surface area contributed by atoms with Gasteiger partial charge in [-0.2, -0.15) is 0 Å². The van der Waals surface area contributed by atoms with E-state index in [0.29, 0.717) is 12.0 Å². The zero-order valence-corrected chi connectivity index (χ0v) is 6.81. The Morgan fingerprint density at radius 3 is 3.00 bits per heavy atom. The van der Waals surface area contributed by atoms with Crippen molar-refractivity contribution in [3.05, 3.63) is 0 Å². The second kappa shape index (κ2) is 2.84. The Kier molecular flexibility index (Phi) is 1.84. The average molecular weight is 153 g/mol. The van der Waals surface area contributed by atoms with Gasteiger partial charge < -0.3 is 5.32 Å². The molecule has 2 rings (SSSR count). The molecule has 0 radical (unpaired) electrons. The van der Waals surface area contributed by atoms with Gasteiger partial charge >= 0.3 is 0 Å². The number of hydrogen-bond acceptors (Lipinski definition) is 1. The van der Waals surface area contributed by atoms with Gasteiger partial charge in [0.2, 0.25) is 5.91 Å². The van der Waals surface area contributed by atoms with E-state index in [2.05, 4.69) is 5.32 Å². The lowest BCUT2D eigenvalue weighted by Crippen LogP contribution is -2.41. The zero-order chi connectivity index (χ0) is 7.68. The van der Waals surface area contributed by atoms with Gasteiger partial charge in [0.1, 0.15) is 0 Å². The van der Waals surface area contributed by atoms with Crippen molar-refractivity contribution in [2.45, 2.75) is 44.6 Å². The molecule has 62 valence electrons. The Bertz CT molecular complexity index is 151. The molecule has 2 fully saturated rings. The van der Waals surface area contributed by atoms with E-state index in [1.54, 1.807) is 0 Å². The number of rotatable bonds is 0. The molecule has 0 aromatic heterocycles. The van der Waals surface area contributed by atoms with E-state index in [1.165, 1.54) is 32.1 Å². The molecule has 2 bridgehead atoms. The molecule has 11 heavy (non-hydrogen) atoms. The van der Waals surface area contributed by atoms with Crippen LogP contribution in [0.15, 0.2) is 0 Å². The highest BCUT2D eigenvalue weighted by Gasteiger charge is 2.27. The van der Waals surface area contributed by atoms with Crippen LogP contribution in [0.3, 0.4) is 0 Å². The van der Waals surface area contributed by atoms with Crippen LogP contribution >= 0.6 is 0 Å². The Morgan fingerprint density at radius 2 is 2.09 bits per heavy atom. The van der Waals surface area contributed by atoms with E-state index in [1.807, 2.05) is 0 Å². The van der Waals surface area contributed by atoms with Crippen LogP contribution in [-0.4, -0.2) is 11.9 Å². The molecule has 1 saturated heterocycles. The van der Waals surface area contributed by atoms with Crippen LogP contribution < -0.4 is 5.32 Å². The van der Waals surface area contributed by atoms with Gasteiger partial charge in [-0.05, 0) is 25.2 Å². The minimum atomic E-state index is 0.285. The van der Waals surface area contributed by atoms with Crippen LogP contribution in [0.4, 0.5) is 0 Å². The van der Waals surface area contributed by atoms with E-state index in [-0.39, 0.29) is 5.91 Å².